The highest BCUT2D eigenvalue weighted by atomic mass is 35.5. The van der Waals surface area contributed by atoms with E-state index in [2.05, 4.69) is 10.3 Å². The molecule has 0 aliphatic heterocycles. The quantitative estimate of drug-likeness (QED) is 0.624. The van der Waals surface area contributed by atoms with Crippen LogP contribution < -0.4 is 5.32 Å². The number of halogens is 2. The Labute approximate surface area is 135 Å². The van der Waals surface area contributed by atoms with Crippen LogP contribution in [-0.2, 0) is 0 Å². The van der Waals surface area contributed by atoms with Crippen molar-refractivity contribution in [3.8, 4) is 0 Å². The van der Waals surface area contributed by atoms with Crippen LogP contribution in [0, 0.1) is 0 Å². The number of rotatable bonds is 6. The standard InChI is InChI=1S/C13H12Cl2N2OS2/c14-10-4-1-3-9(11(10)15)12(18)16-5-2-7-19-13-17-6-8-20-13/h1,3-4,6,8H,2,5,7H2,(H,16,18). The lowest BCUT2D eigenvalue weighted by molar-refractivity contribution is 0.0954. The van der Waals surface area contributed by atoms with Gasteiger partial charge in [-0.1, -0.05) is 41.0 Å². The maximum atomic E-state index is 11.9. The van der Waals surface area contributed by atoms with Crippen molar-refractivity contribution in [1.82, 2.24) is 10.3 Å². The van der Waals surface area contributed by atoms with Crippen molar-refractivity contribution >= 4 is 52.2 Å². The predicted molar refractivity (Wildman–Crippen MR) is 86.3 cm³/mol. The van der Waals surface area contributed by atoms with E-state index in [9.17, 15) is 4.79 Å². The molecule has 0 bridgehead atoms. The lowest BCUT2D eigenvalue weighted by Gasteiger charge is -2.07. The molecule has 0 saturated heterocycles. The second kappa shape index (κ2) is 7.88. The first kappa shape index (κ1) is 15.6. The molecule has 1 aromatic heterocycles. The number of thioether (sulfide) groups is 1. The Morgan fingerprint density at radius 2 is 2.25 bits per heavy atom. The minimum atomic E-state index is -0.197. The molecule has 2 aromatic rings. The third-order valence-electron chi connectivity index (χ3n) is 2.44. The molecule has 20 heavy (non-hydrogen) atoms. The van der Waals surface area contributed by atoms with Gasteiger partial charge in [-0.25, -0.2) is 4.98 Å². The van der Waals surface area contributed by atoms with Crippen molar-refractivity contribution in [2.75, 3.05) is 12.3 Å². The third kappa shape index (κ3) is 4.38. The van der Waals surface area contributed by atoms with E-state index in [1.54, 1.807) is 47.5 Å². The number of aromatic nitrogens is 1. The van der Waals surface area contributed by atoms with Crippen LogP contribution in [0.1, 0.15) is 16.8 Å². The van der Waals surface area contributed by atoms with Gasteiger partial charge < -0.3 is 5.32 Å². The van der Waals surface area contributed by atoms with Gasteiger partial charge in [0, 0.05) is 23.9 Å². The van der Waals surface area contributed by atoms with E-state index >= 15 is 0 Å². The molecule has 0 unspecified atom stereocenters. The summed E-state index contributed by atoms with van der Waals surface area (Å²) in [4.78, 5) is 16.1. The fraction of sp³-hybridized carbons (Fsp3) is 0.231. The summed E-state index contributed by atoms with van der Waals surface area (Å²) in [5.41, 5.74) is 0.409. The third-order valence-corrected chi connectivity index (χ3v) is 5.31. The highest BCUT2D eigenvalue weighted by Crippen LogP contribution is 2.25. The number of carbonyl (C=O) groups is 1. The first-order chi connectivity index (χ1) is 9.68. The summed E-state index contributed by atoms with van der Waals surface area (Å²) in [6.07, 6.45) is 2.66. The molecular weight excluding hydrogens is 335 g/mol. The molecule has 0 saturated carbocycles. The number of hydrogen-bond donors (Lipinski definition) is 1. The van der Waals surface area contributed by atoms with Crippen LogP contribution in [0.15, 0.2) is 34.1 Å². The number of amides is 1. The smallest absolute Gasteiger partial charge is 0.252 e. The summed E-state index contributed by atoms with van der Waals surface area (Å²) in [5, 5.41) is 5.47. The van der Waals surface area contributed by atoms with Gasteiger partial charge in [-0.2, -0.15) is 0 Å². The zero-order chi connectivity index (χ0) is 14.4. The largest absolute Gasteiger partial charge is 0.352 e. The Morgan fingerprint density at radius 1 is 1.40 bits per heavy atom. The maximum Gasteiger partial charge on any atom is 0.252 e. The van der Waals surface area contributed by atoms with Gasteiger partial charge in [0.15, 0.2) is 0 Å². The SMILES string of the molecule is O=C(NCCCSc1nccs1)c1cccc(Cl)c1Cl. The molecule has 0 aliphatic rings. The first-order valence-electron chi connectivity index (χ1n) is 5.93. The lowest BCUT2D eigenvalue weighted by atomic mass is 10.2. The van der Waals surface area contributed by atoms with Gasteiger partial charge in [0.2, 0.25) is 0 Å². The number of thiazole rings is 1. The zero-order valence-electron chi connectivity index (χ0n) is 10.4. The molecule has 1 amide bonds. The second-order valence-corrected chi connectivity index (χ2v) is 6.88. The average molecular weight is 347 g/mol. The van der Waals surface area contributed by atoms with Crippen LogP contribution in [-0.4, -0.2) is 23.2 Å². The Hall–Kier alpha value is -0.750. The van der Waals surface area contributed by atoms with Gasteiger partial charge >= 0.3 is 0 Å². The number of hydrogen-bond acceptors (Lipinski definition) is 4. The van der Waals surface area contributed by atoms with Crippen molar-refractivity contribution < 1.29 is 4.79 Å². The molecule has 1 heterocycles. The molecular formula is C13H12Cl2N2OS2. The normalized spacial score (nSPS) is 10.5. The van der Waals surface area contributed by atoms with Crippen molar-refractivity contribution in [1.29, 1.82) is 0 Å². The summed E-state index contributed by atoms with van der Waals surface area (Å²) >= 11 is 15.2. The van der Waals surface area contributed by atoms with E-state index in [0.29, 0.717) is 22.2 Å². The highest BCUT2D eigenvalue weighted by molar-refractivity contribution is 8.00. The lowest BCUT2D eigenvalue weighted by Crippen LogP contribution is -2.25. The molecule has 106 valence electrons. The number of benzene rings is 1. The molecule has 0 spiro atoms. The Morgan fingerprint density at radius 3 is 3.00 bits per heavy atom. The summed E-state index contributed by atoms with van der Waals surface area (Å²) in [6, 6.07) is 5.03. The number of carbonyl (C=O) groups excluding carboxylic acids is 1. The van der Waals surface area contributed by atoms with E-state index in [1.165, 1.54) is 0 Å². The van der Waals surface area contributed by atoms with Crippen molar-refractivity contribution in [3.05, 3.63) is 45.4 Å². The average Bonchev–Trinajstić information content (AvgIpc) is 2.94. The van der Waals surface area contributed by atoms with Crippen LogP contribution in [0.25, 0.3) is 0 Å². The Bertz CT molecular complexity index is 576. The summed E-state index contributed by atoms with van der Waals surface area (Å²) in [7, 11) is 0. The fourth-order valence-electron chi connectivity index (χ4n) is 1.49. The van der Waals surface area contributed by atoms with Crippen LogP contribution in [0.4, 0.5) is 0 Å². The molecule has 1 N–H and O–H groups in total. The van der Waals surface area contributed by atoms with Gasteiger partial charge in [0.1, 0.15) is 4.34 Å². The van der Waals surface area contributed by atoms with Crippen LogP contribution >= 0.6 is 46.3 Å². The summed E-state index contributed by atoms with van der Waals surface area (Å²) < 4.78 is 1.05. The van der Waals surface area contributed by atoms with Crippen molar-refractivity contribution in [2.24, 2.45) is 0 Å². The molecule has 0 aliphatic carbocycles. The number of nitrogens with one attached hydrogen (secondary N) is 1. The second-order valence-electron chi connectivity index (χ2n) is 3.86. The van der Waals surface area contributed by atoms with Crippen LogP contribution in [0.3, 0.4) is 0 Å². The van der Waals surface area contributed by atoms with Gasteiger partial charge in [-0.3, -0.25) is 4.79 Å². The van der Waals surface area contributed by atoms with Crippen LogP contribution in [0.5, 0.6) is 0 Å². The maximum absolute atomic E-state index is 11.9. The number of nitrogens with zero attached hydrogens (tertiary/aromatic N) is 1. The topological polar surface area (TPSA) is 42.0 Å². The molecule has 7 heteroatoms. The fourth-order valence-corrected chi connectivity index (χ4v) is 3.52. The Kier molecular flexibility index (Phi) is 6.16. The van der Waals surface area contributed by atoms with E-state index in [-0.39, 0.29) is 5.91 Å². The van der Waals surface area contributed by atoms with Gasteiger partial charge in [-0.15, -0.1) is 11.3 Å². The first-order valence-corrected chi connectivity index (χ1v) is 8.55. The minimum Gasteiger partial charge on any atom is -0.352 e. The van der Waals surface area contributed by atoms with Crippen LogP contribution in [0.2, 0.25) is 10.0 Å². The molecule has 0 fully saturated rings. The highest BCUT2D eigenvalue weighted by Gasteiger charge is 2.11. The van der Waals surface area contributed by atoms with Gasteiger partial charge in [-0.05, 0) is 18.6 Å². The van der Waals surface area contributed by atoms with Gasteiger partial charge in [0.05, 0.1) is 15.6 Å². The van der Waals surface area contributed by atoms with E-state index in [0.717, 1.165) is 16.5 Å². The minimum absolute atomic E-state index is 0.197. The van der Waals surface area contributed by atoms with Crippen molar-refractivity contribution in [2.45, 2.75) is 10.8 Å². The van der Waals surface area contributed by atoms with Gasteiger partial charge in [0.25, 0.3) is 5.91 Å². The predicted octanol–water partition coefficient (Wildman–Crippen LogP) is 4.36. The van der Waals surface area contributed by atoms with E-state index in [1.807, 2.05) is 5.38 Å². The monoisotopic (exact) mass is 346 g/mol. The zero-order valence-corrected chi connectivity index (χ0v) is 13.6. The van der Waals surface area contributed by atoms with E-state index < -0.39 is 0 Å². The molecule has 2 rings (SSSR count). The summed E-state index contributed by atoms with van der Waals surface area (Å²) in [6.45, 7) is 0.597. The molecule has 3 nitrogen and oxygen atoms in total. The molecule has 0 radical (unpaired) electrons. The molecule has 1 aromatic carbocycles. The van der Waals surface area contributed by atoms with Crippen molar-refractivity contribution in [3.63, 3.8) is 0 Å². The Balaban J connectivity index is 1.74. The van der Waals surface area contributed by atoms with E-state index in [4.69, 9.17) is 23.2 Å². The summed E-state index contributed by atoms with van der Waals surface area (Å²) in [5.74, 6) is 0.716. The molecule has 0 atom stereocenters.